The third-order valence-corrected chi connectivity index (χ3v) is 1.38. The highest BCUT2D eigenvalue weighted by Crippen LogP contribution is 1.84. The Morgan fingerprint density at radius 1 is 0.833 bits per heavy atom. The van der Waals surface area contributed by atoms with Gasteiger partial charge in [0.15, 0.2) is 12.1 Å². The summed E-state index contributed by atoms with van der Waals surface area (Å²) < 4.78 is 1.49. The molecule has 0 radical (unpaired) electrons. The molecule has 0 aromatic heterocycles. The maximum absolute atomic E-state index is 10.9. The molecule has 4 heteroatoms. The van der Waals surface area contributed by atoms with Crippen LogP contribution in [0.25, 0.3) is 0 Å². The Balaban J connectivity index is 4.27. The summed E-state index contributed by atoms with van der Waals surface area (Å²) in [6, 6.07) is -0.247. The smallest absolute Gasteiger partial charge is 0.239 e. The summed E-state index contributed by atoms with van der Waals surface area (Å²) >= 11 is 0. The second-order valence-electron chi connectivity index (χ2n) is 3.21. The Bertz CT molecular complexity index is 173. The van der Waals surface area contributed by atoms with Gasteiger partial charge in [-0.2, -0.15) is 0 Å². The molecule has 0 spiro atoms. The average molecular weight is 172 g/mol. The van der Waals surface area contributed by atoms with E-state index in [1.54, 1.807) is 27.7 Å². The van der Waals surface area contributed by atoms with Crippen molar-refractivity contribution < 1.29 is 9.48 Å². The predicted octanol–water partition coefficient (Wildman–Crippen LogP) is 0.965. The zero-order valence-electron chi connectivity index (χ0n) is 8.02. The number of hydrogen-bond donors (Lipinski definition) is 0. The maximum atomic E-state index is 10.9. The first-order valence-electron chi connectivity index (χ1n) is 4.04. The zero-order chi connectivity index (χ0) is 9.72. The first kappa shape index (κ1) is 10.9. The molecule has 0 fully saturated rings. The quantitative estimate of drug-likeness (QED) is 0.275. The van der Waals surface area contributed by atoms with E-state index in [1.807, 2.05) is 0 Å². The first-order chi connectivity index (χ1) is 5.45. The molecule has 0 aromatic rings. The van der Waals surface area contributed by atoms with Gasteiger partial charge in [-0.05, 0) is 27.7 Å². The highest BCUT2D eigenvalue weighted by Gasteiger charge is 2.01. The van der Waals surface area contributed by atoms with Crippen LogP contribution in [0.2, 0.25) is 0 Å². The molecule has 0 atom stereocenters. The van der Waals surface area contributed by atoms with Crippen LogP contribution < -0.4 is 0 Å². The molecule has 0 unspecified atom stereocenters. The van der Waals surface area contributed by atoms with E-state index in [2.05, 4.69) is 0 Å². The molecule has 0 heterocycles. The molecule has 0 amide bonds. The minimum atomic E-state index is -0.123. The lowest BCUT2D eigenvalue weighted by molar-refractivity contribution is -0.499. The summed E-state index contributed by atoms with van der Waals surface area (Å²) in [6.07, 6.45) is 2.50. The van der Waals surface area contributed by atoms with Crippen molar-refractivity contribution in [3.05, 3.63) is 10.4 Å². The van der Waals surface area contributed by atoms with E-state index in [0.29, 0.717) is 0 Å². The molecule has 0 N–H and O–H groups in total. The summed E-state index contributed by atoms with van der Waals surface area (Å²) in [5.41, 5.74) is 0. The third-order valence-electron chi connectivity index (χ3n) is 1.38. The van der Waals surface area contributed by atoms with E-state index in [1.165, 1.54) is 12.4 Å². The van der Waals surface area contributed by atoms with Crippen LogP contribution in [-0.2, 0) is 0 Å². The molecule has 0 rings (SSSR count). The minimum absolute atomic E-state index is 0.123. The maximum Gasteiger partial charge on any atom is 0.239 e. The standard InChI is InChI=1S/C8H16N2O2/c1-7(2)9(11)5-6-10(12)8(3)4/h5-8H,1-4H3/b9-5-,10-6-. The fourth-order valence-corrected chi connectivity index (χ4v) is 0.476. The van der Waals surface area contributed by atoms with E-state index in [0.717, 1.165) is 9.48 Å². The molecule has 0 saturated carbocycles. The van der Waals surface area contributed by atoms with E-state index in [9.17, 15) is 10.4 Å². The molecular weight excluding hydrogens is 156 g/mol. The van der Waals surface area contributed by atoms with Crippen molar-refractivity contribution in [2.45, 2.75) is 39.8 Å². The molecule has 0 aliphatic heterocycles. The summed E-state index contributed by atoms with van der Waals surface area (Å²) in [5.74, 6) is 0. The lowest BCUT2D eigenvalue weighted by Crippen LogP contribution is -2.20. The Morgan fingerprint density at radius 3 is 1.25 bits per heavy atom. The fraction of sp³-hybridized carbons (Fsp3) is 0.750. The molecule has 0 bridgehead atoms. The second kappa shape index (κ2) is 4.74. The minimum Gasteiger partial charge on any atom is -0.623 e. The van der Waals surface area contributed by atoms with Gasteiger partial charge in [-0.15, -0.1) is 0 Å². The van der Waals surface area contributed by atoms with Crippen LogP contribution in [0.4, 0.5) is 0 Å². The zero-order valence-corrected chi connectivity index (χ0v) is 8.02. The van der Waals surface area contributed by atoms with Crippen LogP contribution in [0.5, 0.6) is 0 Å². The molecule has 0 saturated heterocycles. The Labute approximate surface area is 73.0 Å². The van der Waals surface area contributed by atoms with Crippen LogP contribution in [0.15, 0.2) is 0 Å². The van der Waals surface area contributed by atoms with Crippen molar-refractivity contribution in [3.63, 3.8) is 0 Å². The number of hydroxylamine groups is 2. The molecule has 0 aromatic carbocycles. The van der Waals surface area contributed by atoms with Gasteiger partial charge in [0.25, 0.3) is 0 Å². The normalized spacial score (nSPS) is 14.5. The van der Waals surface area contributed by atoms with Gasteiger partial charge in [0, 0.05) is 0 Å². The van der Waals surface area contributed by atoms with E-state index >= 15 is 0 Å². The molecule has 0 aliphatic rings. The fourth-order valence-electron chi connectivity index (χ4n) is 0.476. The Kier molecular flexibility index (Phi) is 4.33. The topological polar surface area (TPSA) is 52.1 Å². The number of nitrogens with zero attached hydrogens (tertiary/aromatic N) is 2. The molecular formula is C8H16N2O2. The van der Waals surface area contributed by atoms with Crippen LogP contribution in [0.1, 0.15) is 27.7 Å². The highest BCUT2D eigenvalue weighted by molar-refractivity contribution is 6.11. The number of rotatable bonds is 3. The van der Waals surface area contributed by atoms with Gasteiger partial charge < -0.3 is 10.4 Å². The van der Waals surface area contributed by atoms with Gasteiger partial charge in [0.2, 0.25) is 12.4 Å². The van der Waals surface area contributed by atoms with Gasteiger partial charge in [0.1, 0.15) is 0 Å². The van der Waals surface area contributed by atoms with Gasteiger partial charge >= 0.3 is 0 Å². The first-order valence-corrected chi connectivity index (χ1v) is 4.04. The highest BCUT2D eigenvalue weighted by atomic mass is 16.5. The van der Waals surface area contributed by atoms with Gasteiger partial charge in [-0.3, -0.25) is 0 Å². The van der Waals surface area contributed by atoms with Crippen molar-refractivity contribution >= 4 is 12.4 Å². The lowest BCUT2D eigenvalue weighted by atomic mass is 10.4. The molecule has 0 aliphatic carbocycles. The van der Waals surface area contributed by atoms with Crippen molar-refractivity contribution in [1.82, 2.24) is 0 Å². The summed E-state index contributed by atoms with van der Waals surface area (Å²) in [7, 11) is 0. The van der Waals surface area contributed by atoms with Crippen LogP contribution in [0, 0.1) is 10.4 Å². The number of hydrogen-bond acceptors (Lipinski definition) is 2. The van der Waals surface area contributed by atoms with Gasteiger partial charge in [-0.25, -0.2) is 9.48 Å². The van der Waals surface area contributed by atoms with Crippen molar-refractivity contribution in [1.29, 1.82) is 0 Å². The monoisotopic (exact) mass is 172 g/mol. The lowest BCUT2D eigenvalue weighted by Gasteiger charge is -2.07. The summed E-state index contributed by atoms with van der Waals surface area (Å²) in [6.45, 7) is 7.06. The SMILES string of the molecule is CC(C)/[N+]([O-])=C/C=[N+](\[O-])C(C)C. The summed E-state index contributed by atoms with van der Waals surface area (Å²) in [4.78, 5) is 0. The molecule has 70 valence electrons. The van der Waals surface area contributed by atoms with Crippen LogP contribution in [-0.4, -0.2) is 34.0 Å². The average Bonchev–Trinajstić information content (AvgIpc) is 1.98. The largest absolute Gasteiger partial charge is 0.623 e. The van der Waals surface area contributed by atoms with Crippen LogP contribution in [0.3, 0.4) is 0 Å². The molecule has 4 nitrogen and oxygen atoms in total. The van der Waals surface area contributed by atoms with E-state index in [-0.39, 0.29) is 12.1 Å². The van der Waals surface area contributed by atoms with E-state index < -0.39 is 0 Å². The summed E-state index contributed by atoms with van der Waals surface area (Å²) in [5, 5.41) is 21.9. The van der Waals surface area contributed by atoms with E-state index in [4.69, 9.17) is 0 Å². The molecule has 12 heavy (non-hydrogen) atoms. The predicted molar refractivity (Wildman–Crippen MR) is 49.7 cm³/mol. The van der Waals surface area contributed by atoms with Crippen molar-refractivity contribution in [3.8, 4) is 0 Å². The Morgan fingerprint density at radius 2 is 1.08 bits per heavy atom. The van der Waals surface area contributed by atoms with Crippen molar-refractivity contribution in [2.24, 2.45) is 0 Å². The van der Waals surface area contributed by atoms with Crippen LogP contribution >= 0.6 is 0 Å². The third kappa shape index (κ3) is 3.95. The second-order valence-corrected chi connectivity index (χ2v) is 3.21. The van der Waals surface area contributed by atoms with Gasteiger partial charge in [0.05, 0.1) is 0 Å². The van der Waals surface area contributed by atoms with Crippen molar-refractivity contribution in [2.75, 3.05) is 0 Å². The van der Waals surface area contributed by atoms with Gasteiger partial charge in [-0.1, -0.05) is 0 Å². The Hall–Kier alpha value is -1.06.